The summed E-state index contributed by atoms with van der Waals surface area (Å²) < 4.78 is 41.6. The maximum atomic E-state index is 7.14. The fraction of sp³-hybridized carbons (Fsp3) is 0. The van der Waals surface area contributed by atoms with Gasteiger partial charge in [-0.1, -0.05) is 0 Å². The molecule has 7 rings (SSSR count). The van der Waals surface area contributed by atoms with Crippen molar-refractivity contribution in [3.05, 3.63) is 158 Å². The van der Waals surface area contributed by atoms with Crippen molar-refractivity contribution < 1.29 is 27.5 Å². The molecule has 9 N–H and O–H groups in total. The van der Waals surface area contributed by atoms with Crippen LogP contribution < -0.4 is 55.2 Å². The van der Waals surface area contributed by atoms with E-state index in [1.54, 1.807) is 121 Å². The first-order chi connectivity index (χ1) is 25.2. The number of anilines is 4. The van der Waals surface area contributed by atoms with Gasteiger partial charge in [0.05, 0.1) is 0 Å². The molecule has 266 valence electrons. The molecule has 1 atom stereocenters. The third kappa shape index (κ3) is 7.50. The van der Waals surface area contributed by atoms with Gasteiger partial charge in [0.2, 0.25) is 0 Å². The number of hydrogen-bond donors (Lipinski definition) is 5. The molecule has 52 heavy (non-hydrogen) atoms. The van der Waals surface area contributed by atoms with Crippen LogP contribution in [0.5, 0.6) is 34.5 Å². The molecule has 1 unspecified atom stereocenters. The Morgan fingerprint density at radius 2 is 0.808 bits per heavy atom. The molecule has 1 aliphatic heterocycles. The predicted molar refractivity (Wildman–Crippen MR) is 210 cm³/mol. The average molecular weight is 756 g/mol. The number of nitrogens with two attached hydrogens (primary N) is 4. The van der Waals surface area contributed by atoms with Crippen LogP contribution in [-0.2, 0) is 0 Å². The van der Waals surface area contributed by atoms with Crippen molar-refractivity contribution in [3.63, 3.8) is 0 Å². The third-order valence-corrected chi connectivity index (χ3v) is 16.0. The molecule has 16 heteroatoms. The predicted octanol–water partition coefficient (Wildman–Crippen LogP) is 9.19. The van der Waals surface area contributed by atoms with Gasteiger partial charge in [-0.3, -0.25) is 0 Å². The molecule has 13 nitrogen and oxygen atoms in total. The van der Waals surface area contributed by atoms with E-state index in [0.717, 1.165) is 0 Å². The maximum absolute atomic E-state index is 7.14. The number of nitrogen functional groups attached to an aromatic ring is 4. The molecule has 0 amide bonds. The monoisotopic (exact) mass is 755 g/mol. The zero-order chi connectivity index (χ0) is 36.0. The quantitative estimate of drug-likeness (QED) is 0.0590. The molecular weight excluding hydrogens is 719 g/mol. The van der Waals surface area contributed by atoms with Gasteiger partial charge < -0.3 is 0 Å². The van der Waals surface area contributed by atoms with Crippen molar-refractivity contribution in [3.8, 4) is 34.5 Å². The van der Waals surface area contributed by atoms with Crippen LogP contribution in [0.3, 0.4) is 0 Å². The molecule has 0 saturated carbocycles. The van der Waals surface area contributed by atoms with Crippen molar-refractivity contribution in [2.75, 3.05) is 22.9 Å². The second-order valence-electron chi connectivity index (χ2n) is 11.4. The Hall–Kier alpha value is -5.67. The Bertz CT molecular complexity index is 2070. The summed E-state index contributed by atoms with van der Waals surface area (Å²) in [7, 11) is -9.87. The fourth-order valence-corrected chi connectivity index (χ4v) is 14.3. The number of rotatable bonds is 12. The van der Waals surface area contributed by atoms with E-state index in [4.69, 9.17) is 54.9 Å². The van der Waals surface area contributed by atoms with Gasteiger partial charge in [0.25, 0.3) is 0 Å². The van der Waals surface area contributed by atoms with Crippen molar-refractivity contribution in [1.29, 1.82) is 0 Å². The first-order valence-corrected chi connectivity index (χ1v) is 20.3. The summed E-state index contributed by atoms with van der Waals surface area (Å²) in [6.07, 6.45) is 0. The van der Waals surface area contributed by atoms with Gasteiger partial charge in [0.15, 0.2) is 0 Å². The molecule has 0 fully saturated rings. The average Bonchev–Trinajstić information content (AvgIpc) is 3.15. The summed E-state index contributed by atoms with van der Waals surface area (Å²) >= 11 is 0. The molecule has 1 heterocycles. The van der Waals surface area contributed by atoms with E-state index in [2.05, 4.69) is 4.86 Å². The van der Waals surface area contributed by atoms with Crippen molar-refractivity contribution in [2.45, 2.75) is 0 Å². The Morgan fingerprint density at radius 3 is 1.21 bits per heavy atom. The molecule has 0 spiro atoms. The van der Waals surface area contributed by atoms with Crippen molar-refractivity contribution in [1.82, 2.24) is 9.46 Å². The number of para-hydroxylation sites is 2. The second-order valence-corrected chi connectivity index (χ2v) is 17.9. The van der Waals surface area contributed by atoms with Crippen molar-refractivity contribution >= 4 is 46.9 Å². The topological polar surface area (TPSA) is 187 Å². The molecule has 1 aliphatic rings. The van der Waals surface area contributed by atoms with E-state index < -0.39 is 24.1 Å². The Balaban J connectivity index is 1.55. The van der Waals surface area contributed by atoms with Gasteiger partial charge in [0.1, 0.15) is 0 Å². The summed E-state index contributed by atoms with van der Waals surface area (Å²) in [5, 5.41) is 0. The minimum atomic E-state index is -5.36. The molecule has 0 aromatic heterocycles. The number of benzene rings is 6. The van der Waals surface area contributed by atoms with E-state index >= 15 is 0 Å². The van der Waals surface area contributed by atoms with Crippen LogP contribution in [0.1, 0.15) is 0 Å². The molecule has 0 saturated heterocycles. The van der Waals surface area contributed by atoms with Gasteiger partial charge in [-0.25, -0.2) is 0 Å². The van der Waals surface area contributed by atoms with Crippen LogP contribution in [0.15, 0.2) is 162 Å². The van der Waals surface area contributed by atoms with E-state index in [1.165, 1.54) is 4.60 Å². The standard InChI is InChI=1S/C36H36N7O6P3/c37-27-11-19-32(20-12-27)45-51(46-33-21-13-28(38)14-22-33)41-50-42-52(47-34-9-5-2-6-10-34,48-35-23-15-29(39)16-24-35,49-36-25-17-30(40)18-26-36)43(51)44-31-7-3-1-4-8-31/h1-26,42,50H,37-40H2. The van der Waals surface area contributed by atoms with Gasteiger partial charge in [-0.2, -0.15) is 0 Å². The summed E-state index contributed by atoms with van der Waals surface area (Å²) in [6, 6.07) is 45.3. The van der Waals surface area contributed by atoms with Gasteiger partial charge in [0, 0.05) is 0 Å². The molecule has 0 bridgehead atoms. The van der Waals surface area contributed by atoms with Gasteiger partial charge in [-0.05, 0) is 0 Å². The van der Waals surface area contributed by atoms with Crippen LogP contribution in [0.4, 0.5) is 22.7 Å². The Morgan fingerprint density at radius 1 is 0.462 bits per heavy atom. The van der Waals surface area contributed by atoms with Crippen LogP contribution in [-0.4, -0.2) is 4.60 Å². The number of nitrogens with one attached hydrogen (secondary N) is 1. The number of nitrogens with zero attached hydrogens (tertiary/aromatic N) is 2. The molecular formula is C36H36N7O6P3. The first kappa shape index (κ1) is 34.8. The molecule has 6 aromatic carbocycles. The van der Waals surface area contributed by atoms with Crippen LogP contribution in [0, 0.1) is 0 Å². The summed E-state index contributed by atoms with van der Waals surface area (Å²) in [6.45, 7) is 0. The molecule has 0 radical (unpaired) electrons. The summed E-state index contributed by atoms with van der Waals surface area (Å²) in [4.78, 5) is 10.3. The number of hydrogen-bond acceptors (Lipinski definition) is 13. The van der Waals surface area contributed by atoms with Crippen LogP contribution in [0.25, 0.3) is 0 Å². The summed E-state index contributed by atoms with van der Waals surface area (Å²) in [5.41, 5.74) is 26.5. The zero-order valence-corrected chi connectivity index (χ0v) is 30.3. The summed E-state index contributed by atoms with van der Waals surface area (Å²) in [5.74, 6) is 2.10. The SMILES string of the molecule is Nc1ccc(OP2(Oc3ccc(N)cc3)=NPNP(Oc3ccccc3)(Oc3ccc(N)cc3)(Oc3ccc(N)cc3)N2Oc2ccccc2)cc1. The second kappa shape index (κ2) is 14.5. The zero-order valence-electron chi connectivity index (χ0n) is 27.6. The first-order valence-electron chi connectivity index (χ1n) is 15.9. The fourth-order valence-electron chi connectivity index (χ4n) is 4.93. The van der Waals surface area contributed by atoms with E-state index in [1.807, 2.05) is 36.4 Å². The molecule has 0 aliphatic carbocycles. The van der Waals surface area contributed by atoms with Crippen molar-refractivity contribution in [2.24, 2.45) is 4.52 Å². The minimum absolute atomic E-state index is 0.317. The normalized spacial score (nSPS) is 17.0. The Kier molecular flexibility index (Phi) is 9.71. The van der Waals surface area contributed by atoms with Gasteiger partial charge >= 0.3 is 303 Å². The van der Waals surface area contributed by atoms with E-state index in [0.29, 0.717) is 57.2 Å². The van der Waals surface area contributed by atoms with Crippen LogP contribution >= 0.6 is 24.1 Å². The van der Waals surface area contributed by atoms with E-state index in [9.17, 15) is 0 Å². The third-order valence-electron chi connectivity index (χ3n) is 7.37. The van der Waals surface area contributed by atoms with Gasteiger partial charge in [-0.15, -0.1) is 0 Å². The van der Waals surface area contributed by atoms with E-state index in [-0.39, 0.29) is 0 Å². The van der Waals surface area contributed by atoms with Crippen LogP contribution in [0.2, 0.25) is 0 Å². The molecule has 6 aromatic rings. The Labute approximate surface area is 302 Å².